The highest BCUT2D eigenvalue weighted by Gasteiger charge is 2.40. The molecule has 0 radical (unpaired) electrons. The number of carbonyl (C=O) groups excluding carboxylic acids is 1. The van der Waals surface area contributed by atoms with E-state index in [-0.39, 0.29) is 12.5 Å². The zero-order valence-corrected chi connectivity index (χ0v) is 12.3. The van der Waals surface area contributed by atoms with Gasteiger partial charge in [-0.2, -0.15) is 5.10 Å². The molecule has 6 heteroatoms. The van der Waals surface area contributed by atoms with Crippen LogP contribution in [0.1, 0.15) is 48.7 Å². The maximum Gasteiger partial charge on any atom is 0.311 e. The van der Waals surface area contributed by atoms with E-state index in [0.29, 0.717) is 18.5 Å². The molecule has 1 fully saturated rings. The summed E-state index contributed by atoms with van der Waals surface area (Å²) >= 11 is 0. The number of carbonyl (C=O) groups is 2. The molecular weight excluding hydrogens is 270 g/mol. The highest BCUT2D eigenvalue weighted by Crippen LogP contribution is 2.31. The quantitative estimate of drug-likeness (QED) is 0.897. The Labute approximate surface area is 123 Å². The van der Waals surface area contributed by atoms with E-state index in [1.165, 1.54) is 0 Å². The molecular formula is C15H21N3O3. The van der Waals surface area contributed by atoms with Crippen LogP contribution in [0.4, 0.5) is 0 Å². The van der Waals surface area contributed by atoms with Crippen LogP contribution in [0.5, 0.6) is 0 Å². The van der Waals surface area contributed by atoms with Crippen LogP contribution in [0.3, 0.4) is 0 Å². The van der Waals surface area contributed by atoms with E-state index in [2.05, 4.69) is 5.10 Å². The Hall–Kier alpha value is -1.85. The largest absolute Gasteiger partial charge is 0.481 e. The van der Waals surface area contributed by atoms with Gasteiger partial charge in [-0.3, -0.25) is 14.3 Å². The minimum absolute atomic E-state index is 0.0645. The second-order valence-corrected chi connectivity index (χ2v) is 6.38. The van der Waals surface area contributed by atoms with E-state index in [0.717, 1.165) is 37.9 Å². The van der Waals surface area contributed by atoms with Crippen LogP contribution in [0.15, 0.2) is 6.20 Å². The molecule has 3 heterocycles. The summed E-state index contributed by atoms with van der Waals surface area (Å²) in [5.74, 6) is -0.887. The van der Waals surface area contributed by atoms with Crippen molar-refractivity contribution in [3.63, 3.8) is 0 Å². The zero-order chi connectivity index (χ0) is 15.0. The molecule has 1 N–H and O–H groups in total. The van der Waals surface area contributed by atoms with Crippen molar-refractivity contribution in [2.24, 2.45) is 5.41 Å². The summed E-state index contributed by atoms with van der Waals surface area (Å²) in [5.41, 5.74) is 0.833. The average Bonchev–Trinajstić information content (AvgIpc) is 2.90. The first-order valence-corrected chi connectivity index (χ1v) is 7.59. The number of hydrogen-bond donors (Lipinski definition) is 1. The molecule has 21 heavy (non-hydrogen) atoms. The summed E-state index contributed by atoms with van der Waals surface area (Å²) in [6.07, 6.45) is 6.07. The average molecular weight is 291 g/mol. The van der Waals surface area contributed by atoms with Crippen molar-refractivity contribution in [3.05, 3.63) is 17.5 Å². The molecule has 3 rings (SSSR count). The van der Waals surface area contributed by atoms with Crippen molar-refractivity contribution in [3.8, 4) is 0 Å². The van der Waals surface area contributed by atoms with E-state index in [1.807, 2.05) is 4.68 Å². The lowest BCUT2D eigenvalue weighted by Crippen LogP contribution is -2.48. The molecule has 1 atom stereocenters. The lowest BCUT2D eigenvalue weighted by atomic mass is 9.82. The van der Waals surface area contributed by atoms with Crippen LogP contribution >= 0.6 is 0 Å². The van der Waals surface area contributed by atoms with Crippen molar-refractivity contribution < 1.29 is 14.7 Å². The lowest BCUT2D eigenvalue weighted by Gasteiger charge is -2.37. The Morgan fingerprint density at radius 1 is 1.29 bits per heavy atom. The summed E-state index contributed by atoms with van der Waals surface area (Å²) in [6, 6.07) is 0. The van der Waals surface area contributed by atoms with Gasteiger partial charge in [-0.1, -0.05) is 0 Å². The van der Waals surface area contributed by atoms with Crippen LogP contribution in [0.2, 0.25) is 0 Å². The summed E-state index contributed by atoms with van der Waals surface area (Å²) in [6.45, 7) is 3.51. The van der Waals surface area contributed by atoms with Crippen LogP contribution in [-0.2, 0) is 17.8 Å². The molecule has 1 aromatic heterocycles. The van der Waals surface area contributed by atoms with Crippen LogP contribution < -0.4 is 0 Å². The first-order valence-electron chi connectivity index (χ1n) is 7.59. The molecule has 0 aromatic carbocycles. The van der Waals surface area contributed by atoms with Gasteiger partial charge in [-0.25, -0.2) is 0 Å². The van der Waals surface area contributed by atoms with Gasteiger partial charge in [-0.15, -0.1) is 0 Å². The summed E-state index contributed by atoms with van der Waals surface area (Å²) in [4.78, 5) is 25.8. The number of hydrogen-bond acceptors (Lipinski definition) is 3. The first kappa shape index (κ1) is 14.1. The Morgan fingerprint density at radius 3 is 2.86 bits per heavy atom. The maximum absolute atomic E-state index is 12.7. The van der Waals surface area contributed by atoms with Crippen molar-refractivity contribution in [1.82, 2.24) is 14.7 Å². The topological polar surface area (TPSA) is 75.4 Å². The van der Waals surface area contributed by atoms with Crippen LogP contribution in [0, 0.1) is 5.41 Å². The zero-order valence-electron chi connectivity index (χ0n) is 12.3. The number of carboxylic acid groups (broad SMARTS) is 1. The van der Waals surface area contributed by atoms with Gasteiger partial charge in [0.15, 0.2) is 0 Å². The molecule has 6 nitrogen and oxygen atoms in total. The van der Waals surface area contributed by atoms with E-state index < -0.39 is 11.4 Å². The second kappa shape index (κ2) is 5.16. The van der Waals surface area contributed by atoms with Crippen molar-refractivity contribution in [2.45, 2.75) is 45.6 Å². The summed E-state index contributed by atoms with van der Waals surface area (Å²) in [5, 5.41) is 13.7. The molecule has 1 amide bonds. The summed E-state index contributed by atoms with van der Waals surface area (Å²) in [7, 11) is 0. The number of amides is 1. The Kier molecular flexibility index (Phi) is 3.47. The molecule has 114 valence electrons. The van der Waals surface area contributed by atoms with Gasteiger partial charge in [0, 0.05) is 19.6 Å². The van der Waals surface area contributed by atoms with Gasteiger partial charge in [0.05, 0.1) is 22.9 Å². The van der Waals surface area contributed by atoms with E-state index in [9.17, 15) is 14.7 Å². The number of aliphatic carboxylic acids is 1. The second-order valence-electron chi connectivity index (χ2n) is 6.38. The highest BCUT2D eigenvalue weighted by atomic mass is 16.4. The molecule has 0 aliphatic carbocycles. The Balaban J connectivity index is 1.82. The van der Waals surface area contributed by atoms with Crippen LogP contribution in [-0.4, -0.2) is 44.8 Å². The minimum atomic E-state index is -0.832. The fourth-order valence-corrected chi connectivity index (χ4v) is 3.36. The lowest BCUT2D eigenvalue weighted by molar-refractivity contribution is -0.150. The van der Waals surface area contributed by atoms with E-state index in [4.69, 9.17) is 0 Å². The number of carboxylic acids is 1. The van der Waals surface area contributed by atoms with Gasteiger partial charge in [0.25, 0.3) is 5.91 Å². The normalized spacial score (nSPS) is 25.5. The molecule has 0 spiro atoms. The van der Waals surface area contributed by atoms with E-state index in [1.54, 1.807) is 18.0 Å². The highest BCUT2D eigenvalue weighted by molar-refractivity contribution is 5.95. The number of nitrogens with zero attached hydrogens (tertiary/aromatic N) is 3. The number of aromatic nitrogens is 2. The van der Waals surface area contributed by atoms with E-state index >= 15 is 0 Å². The van der Waals surface area contributed by atoms with Gasteiger partial charge in [0.2, 0.25) is 0 Å². The molecule has 1 aromatic rings. The molecule has 0 saturated carbocycles. The monoisotopic (exact) mass is 291 g/mol. The third-order valence-corrected chi connectivity index (χ3v) is 4.71. The SMILES string of the molecule is CC1(C(=O)O)CCCN(C(=O)c2cnn3c2CCCC3)C1. The molecule has 2 aliphatic rings. The standard InChI is InChI=1S/C15H21N3O3/c1-15(14(20)21)6-4-7-17(10-15)13(19)11-9-16-18-8-3-2-5-12(11)18/h9H,2-8,10H2,1H3,(H,20,21). The maximum atomic E-state index is 12.7. The number of rotatable bonds is 2. The van der Waals surface area contributed by atoms with Crippen LogP contribution in [0.25, 0.3) is 0 Å². The third-order valence-electron chi connectivity index (χ3n) is 4.71. The Morgan fingerprint density at radius 2 is 2.10 bits per heavy atom. The predicted octanol–water partition coefficient (Wildman–Crippen LogP) is 1.55. The fourth-order valence-electron chi connectivity index (χ4n) is 3.36. The van der Waals surface area contributed by atoms with Crippen molar-refractivity contribution in [1.29, 1.82) is 0 Å². The first-order chi connectivity index (χ1) is 10.0. The molecule has 0 bridgehead atoms. The van der Waals surface area contributed by atoms with Crippen molar-refractivity contribution in [2.75, 3.05) is 13.1 Å². The molecule has 1 saturated heterocycles. The third kappa shape index (κ3) is 2.43. The number of likely N-dealkylation sites (tertiary alicyclic amines) is 1. The fraction of sp³-hybridized carbons (Fsp3) is 0.667. The van der Waals surface area contributed by atoms with Gasteiger partial charge >= 0.3 is 5.97 Å². The molecule has 2 aliphatic heterocycles. The van der Waals surface area contributed by atoms with Crippen molar-refractivity contribution >= 4 is 11.9 Å². The smallest absolute Gasteiger partial charge is 0.311 e. The van der Waals surface area contributed by atoms with Gasteiger partial charge in [-0.05, 0) is 39.0 Å². The number of aryl methyl sites for hydroxylation is 1. The summed E-state index contributed by atoms with van der Waals surface area (Å²) < 4.78 is 1.91. The molecule has 1 unspecified atom stereocenters. The predicted molar refractivity (Wildman–Crippen MR) is 76.0 cm³/mol. The van der Waals surface area contributed by atoms with Gasteiger partial charge in [0.1, 0.15) is 0 Å². The minimum Gasteiger partial charge on any atom is -0.481 e. The number of fused-ring (bicyclic) bond motifs is 1. The Bertz CT molecular complexity index is 581. The van der Waals surface area contributed by atoms with Gasteiger partial charge < -0.3 is 10.0 Å². The number of piperidine rings is 1.